The first-order valence-electron chi connectivity index (χ1n) is 11.8. The molecule has 0 unspecified atom stereocenters. The van der Waals surface area contributed by atoms with E-state index < -0.39 is 6.10 Å². The van der Waals surface area contributed by atoms with Gasteiger partial charge in [0.25, 0.3) is 5.91 Å². The zero-order valence-electron chi connectivity index (χ0n) is 19.3. The maximum Gasteiger partial charge on any atom is 0.267 e. The Bertz CT molecular complexity index is 1250. The van der Waals surface area contributed by atoms with Crippen LogP contribution in [0.25, 0.3) is 10.8 Å². The van der Waals surface area contributed by atoms with Crippen molar-refractivity contribution in [3.8, 4) is 11.5 Å². The molecule has 8 heteroatoms. The lowest BCUT2D eigenvalue weighted by Gasteiger charge is -2.37. The van der Waals surface area contributed by atoms with Gasteiger partial charge in [-0.05, 0) is 28.5 Å². The van der Waals surface area contributed by atoms with Crippen LogP contribution in [0.3, 0.4) is 0 Å². The summed E-state index contributed by atoms with van der Waals surface area (Å²) >= 11 is 0. The Morgan fingerprint density at radius 1 is 0.829 bits per heavy atom. The maximum absolute atomic E-state index is 12.9. The minimum atomic E-state index is -0.694. The number of para-hydroxylation sites is 2. The first kappa shape index (κ1) is 22.7. The Kier molecular flexibility index (Phi) is 6.52. The van der Waals surface area contributed by atoms with Gasteiger partial charge in [0.2, 0.25) is 17.9 Å². The summed E-state index contributed by atoms with van der Waals surface area (Å²) in [6, 6.07) is 21.1. The van der Waals surface area contributed by atoms with E-state index in [9.17, 15) is 14.4 Å². The summed E-state index contributed by atoms with van der Waals surface area (Å²) in [6.07, 6.45) is -0.482. The molecule has 0 aromatic heterocycles. The summed E-state index contributed by atoms with van der Waals surface area (Å²) in [5, 5.41) is 4.86. The first-order chi connectivity index (χ1) is 17.1. The van der Waals surface area contributed by atoms with E-state index in [1.165, 1.54) is 0 Å². The molecule has 180 valence electrons. The van der Waals surface area contributed by atoms with Crippen LogP contribution in [-0.2, 0) is 20.8 Å². The van der Waals surface area contributed by atoms with Crippen molar-refractivity contribution >= 4 is 28.5 Å². The molecule has 0 spiro atoms. The topological polar surface area (TPSA) is 88.2 Å². The van der Waals surface area contributed by atoms with Crippen molar-refractivity contribution < 1.29 is 23.9 Å². The summed E-state index contributed by atoms with van der Waals surface area (Å²) in [5.41, 5.74) is 0.928. The number of amides is 3. The summed E-state index contributed by atoms with van der Waals surface area (Å²) in [4.78, 5) is 41.4. The van der Waals surface area contributed by atoms with Crippen LogP contribution in [0.5, 0.6) is 11.5 Å². The lowest BCUT2D eigenvalue weighted by Crippen LogP contribution is -2.56. The monoisotopic (exact) mass is 473 g/mol. The van der Waals surface area contributed by atoms with E-state index in [1.807, 2.05) is 54.6 Å². The largest absolute Gasteiger partial charge is 0.485 e. The normalized spacial score (nSPS) is 17.2. The van der Waals surface area contributed by atoms with Crippen LogP contribution in [0, 0.1) is 0 Å². The van der Waals surface area contributed by atoms with Gasteiger partial charge in [0.1, 0.15) is 6.61 Å². The molecule has 8 nitrogen and oxygen atoms in total. The zero-order chi connectivity index (χ0) is 24.2. The first-order valence-corrected chi connectivity index (χ1v) is 11.8. The van der Waals surface area contributed by atoms with E-state index in [0.717, 1.165) is 16.3 Å². The highest BCUT2D eigenvalue weighted by Crippen LogP contribution is 2.31. The number of nitrogens with zero attached hydrogens (tertiary/aromatic N) is 2. The quantitative estimate of drug-likeness (QED) is 0.613. The van der Waals surface area contributed by atoms with Crippen molar-refractivity contribution in [1.29, 1.82) is 0 Å². The Morgan fingerprint density at radius 3 is 2.34 bits per heavy atom. The summed E-state index contributed by atoms with van der Waals surface area (Å²) in [7, 11) is 0. The van der Waals surface area contributed by atoms with Gasteiger partial charge in [-0.1, -0.05) is 54.6 Å². The van der Waals surface area contributed by atoms with Crippen LogP contribution in [0.15, 0.2) is 66.7 Å². The molecule has 0 aliphatic carbocycles. The molecule has 2 heterocycles. The smallest absolute Gasteiger partial charge is 0.267 e. The maximum atomic E-state index is 12.9. The van der Waals surface area contributed by atoms with Crippen LogP contribution in [0.2, 0.25) is 0 Å². The van der Waals surface area contributed by atoms with Gasteiger partial charge in [0.05, 0.1) is 13.0 Å². The number of hydrogen-bond donors (Lipinski definition) is 1. The van der Waals surface area contributed by atoms with E-state index in [2.05, 4.69) is 5.32 Å². The third-order valence-corrected chi connectivity index (χ3v) is 6.40. The fourth-order valence-corrected chi connectivity index (χ4v) is 4.49. The highest BCUT2D eigenvalue weighted by atomic mass is 16.6. The van der Waals surface area contributed by atoms with Gasteiger partial charge >= 0.3 is 0 Å². The third-order valence-electron chi connectivity index (χ3n) is 6.40. The number of piperazine rings is 1. The number of carbonyl (C=O) groups excluding carboxylic acids is 3. The average molecular weight is 474 g/mol. The standard InChI is InChI=1S/C27H27N3O5/c31-25(16-20-8-5-7-19-6-1-2-9-21(19)20)28-17-26(32)29-12-14-30(15-13-29)27(33)24-18-34-22-10-3-4-11-23(22)35-24/h1-11,24H,12-18H2,(H,28,31)/t24-/m0/s1. The van der Waals surface area contributed by atoms with Crippen LogP contribution in [-0.4, -0.2) is 73.0 Å². The molecule has 2 aliphatic rings. The fourth-order valence-electron chi connectivity index (χ4n) is 4.49. The van der Waals surface area contributed by atoms with Gasteiger partial charge in [-0.2, -0.15) is 0 Å². The minimum absolute atomic E-state index is 0.0616. The van der Waals surface area contributed by atoms with Crippen molar-refractivity contribution in [3.05, 3.63) is 72.3 Å². The molecule has 3 amide bonds. The van der Waals surface area contributed by atoms with E-state index >= 15 is 0 Å². The molecule has 35 heavy (non-hydrogen) atoms. The van der Waals surface area contributed by atoms with Crippen molar-refractivity contribution in [3.63, 3.8) is 0 Å². The Labute approximate surface area is 203 Å². The third kappa shape index (κ3) is 5.06. The lowest BCUT2D eigenvalue weighted by molar-refractivity contribution is -0.146. The highest BCUT2D eigenvalue weighted by Gasteiger charge is 2.33. The highest BCUT2D eigenvalue weighted by molar-refractivity contribution is 5.91. The molecule has 3 aromatic carbocycles. The zero-order valence-corrected chi connectivity index (χ0v) is 19.3. The number of fused-ring (bicyclic) bond motifs is 2. The predicted molar refractivity (Wildman–Crippen MR) is 130 cm³/mol. The van der Waals surface area contributed by atoms with Gasteiger partial charge < -0.3 is 24.6 Å². The molecule has 1 fully saturated rings. The molecule has 1 saturated heterocycles. The number of carbonyl (C=O) groups is 3. The van der Waals surface area contributed by atoms with Gasteiger partial charge in [0, 0.05) is 26.2 Å². The van der Waals surface area contributed by atoms with E-state index in [1.54, 1.807) is 21.9 Å². The lowest BCUT2D eigenvalue weighted by atomic mass is 10.0. The number of nitrogens with one attached hydrogen (secondary N) is 1. The van der Waals surface area contributed by atoms with Gasteiger partial charge in [-0.25, -0.2) is 0 Å². The van der Waals surface area contributed by atoms with Gasteiger partial charge in [-0.3, -0.25) is 14.4 Å². The summed E-state index contributed by atoms with van der Waals surface area (Å²) in [5.74, 6) is 0.697. The van der Waals surface area contributed by atoms with Crippen molar-refractivity contribution in [2.45, 2.75) is 12.5 Å². The minimum Gasteiger partial charge on any atom is -0.485 e. The molecule has 0 radical (unpaired) electrons. The fraction of sp³-hybridized carbons (Fsp3) is 0.296. The molecule has 0 bridgehead atoms. The number of rotatable bonds is 5. The predicted octanol–water partition coefficient (Wildman–Crippen LogP) is 2.01. The van der Waals surface area contributed by atoms with Crippen LogP contribution in [0.4, 0.5) is 0 Å². The summed E-state index contributed by atoms with van der Waals surface area (Å²) in [6.45, 7) is 1.75. The molecule has 1 atom stereocenters. The summed E-state index contributed by atoms with van der Waals surface area (Å²) < 4.78 is 11.5. The molecular weight excluding hydrogens is 446 g/mol. The second-order valence-electron chi connectivity index (χ2n) is 8.66. The molecule has 5 rings (SSSR count). The SMILES string of the molecule is O=C(Cc1cccc2ccccc12)NCC(=O)N1CCN(C(=O)[C@@H]2COc3ccccc3O2)CC1. The number of hydrogen-bond acceptors (Lipinski definition) is 5. The Morgan fingerprint density at radius 2 is 1.51 bits per heavy atom. The Balaban J connectivity index is 1.08. The number of ether oxygens (including phenoxy) is 2. The molecule has 3 aromatic rings. The van der Waals surface area contributed by atoms with Crippen LogP contribution in [0.1, 0.15) is 5.56 Å². The Hall–Kier alpha value is -4.07. The van der Waals surface area contributed by atoms with Crippen molar-refractivity contribution in [1.82, 2.24) is 15.1 Å². The van der Waals surface area contributed by atoms with E-state index in [-0.39, 0.29) is 37.3 Å². The number of benzene rings is 3. The van der Waals surface area contributed by atoms with E-state index in [0.29, 0.717) is 37.7 Å². The van der Waals surface area contributed by atoms with Crippen LogP contribution >= 0.6 is 0 Å². The van der Waals surface area contributed by atoms with Crippen molar-refractivity contribution in [2.75, 3.05) is 39.3 Å². The molecule has 0 saturated carbocycles. The molecule has 2 aliphatic heterocycles. The molecule has 1 N–H and O–H groups in total. The molecular formula is C27H27N3O5. The average Bonchev–Trinajstić information content (AvgIpc) is 2.91. The van der Waals surface area contributed by atoms with Crippen molar-refractivity contribution in [2.24, 2.45) is 0 Å². The van der Waals surface area contributed by atoms with Gasteiger partial charge in [-0.15, -0.1) is 0 Å². The van der Waals surface area contributed by atoms with Crippen LogP contribution < -0.4 is 14.8 Å². The van der Waals surface area contributed by atoms with Gasteiger partial charge in [0.15, 0.2) is 11.5 Å². The second-order valence-corrected chi connectivity index (χ2v) is 8.66. The second kappa shape index (κ2) is 10.0. The van der Waals surface area contributed by atoms with E-state index in [4.69, 9.17) is 9.47 Å².